The van der Waals surface area contributed by atoms with E-state index in [1.54, 1.807) is 0 Å². The smallest absolute Gasteiger partial charge is 0.103 e. The van der Waals surface area contributed by atoms with E-state index in [9.17, 15) is 10.5 Å². The van der Waals surface area contributed by atoms with Gasteiger partial charge in [-0.15, -0.1) is 0 Å². The van der Waals surface area contributed by atoms with Gasteiger partial charge in [0.2, 0.25) is 0 Å². The molecule has 113 heavy (non-hydrogen) atoms. The van der Waals surface area contributed by atoms with Crippen LogP contribution < -0.4 is 9.80 Å². The van der Waals surface area contributed by atoms with Gasteiger partial charge in [0.05, 0.1) is 55.5 Å². The SMILES string of the molecule is N#Cc1c(C#N)c(N(c2ccc(-c3ccccc3)cc2)c2cccc3c2-c2ccccc2C32c3ccccc3-c3ccccc32)c2c(c1N(c1ccc(-c3ccccc3)cc1)c1cccc3c1-c1ccccc1C31c3ccccc3-c3ccccc31)C1(CC23c2ccccc2-c2ccccc23)c2ccccc2-c2ccccc21. The number of hydrogen-bond donors (Lipinski definition) is 0. The van der Waals surface area contributed by atoms with Crippen LogP contribution in [0, 0.1) is 22.7 Å². The van der Waals surface area contributed by atoms with Gasteiger partial charge in [-0.2, -0.15) is 10.5 Å². The Kier molecular flexibility index (Phi) is 13.1. The molecule has 17 aromatic carbocycles. The van der Waals surface area contributed by atoms with Crippen molar-refractivity contribution < 1.29 is 0 Å². The lowest BCUT2D eigenvalue weighted by Crippen LogP contribution is -2.31. The molecule has 7 aliphatic rings. The largest absolute Gasteiger partial charge is 0.308 e. The minimum Gasteiger partial charge on any atom is -0.308 e. The average Bonchev–Trinajstić information content (AvgIpc) is 1.50. The molecule has 7 aliphatic carbocycles. The summed E-state index contributed by atoms with van der Waals surface area (Å²) in [5, 5.41) is 27.4. The average molecular weight is 1430 g/mol. The van der Waals surface area contributed by atoms with E-state index in [1.807, 2.05) is 0 Å². The Balaban J connectivity index is 0.911. The molecule has 0 aromatic heterocycles. The van der Waals surface area contributed by atoms with E-state index in [4.69, 9.17) is 0 Å². The first-order chi connectivity index (χ1) is 56.0. The van der Waals surface area contributed by atoms with Gasteiger partial charge in [-0.05, 0) is 199 Å². The monoisotopic (exact) mass is 1430 g/mol. The molecule has 0 unspecified atom stereocenters. The second-order valence-electron chi connectivity index (χ2n) is 31.3. The highest BCUT2D eigenvalue weighted by atomic mass is 15.2. The molecule has 0 bridgehead atoms. The third-order valence-electron chi connectivity index (χ3n) is 26.6. The van der Waals surface area contributed by atoms with E-state index in [0.717, 1.165) is 134 Å². The van der Waals surface area contributed by atoms with Gasteiger partial charge in [-0.25, -0.2) is 0 Å². The fourth-order valence-corrected chi connectivity index (χ4v) is 22.6. The minimum atomic E-state index is -1.05. The first-order valence-corrected chi connectivity index (χ1v) is 39.2. The maximum atomic E-state index is 13.7. The van der Waals surface area contributed by atoms with Crippen LogP contribution in [0.15, 0.2) is 388 Å². The highest BCUT2D eigenvalue weighted by molar-refractivity contribution is 6.09. The van der Waals surface area contributed by atoms with Crippen molar-refractivity contribution in [3.05, 3.63) is 477 Å². The summed E-state index contributed by atoms with van der Waals surface area (Å²) in [4.78, 5) is 4.92. The number of hydrogen-bond acceptors (Lipinski definition) is 4. The lowest BCUT2D eigenvalue weighted by molar-refractivity contribution is 0.515. The summed E-state index contributed by atoms with van der Waals surface area (Å²) in [5.74, 6) is 0. The fraction of sp³-hybridized carbons (Fsp3) is 0.0459. The molecule has 0 saturated carbocycles. The van der Waals surface area contributed by atoms with E-state index < -0.39 is 21.7 Å². The quantitative estimate of drug-likeness (QED) is 0.152. The van der Waals surface area contributed by atoms with Crippen molar-refractivity contribution in [3.8, 4) is 101 Å². The van der Waals surface area contributed by atoms with Crippen LogP contribution in [-0.2, 0) is 21.7 Å². The molecule has 4 heteroatoms. The van der Waals surface area contributed by atoms with E-state index in [0.29, 0.717) is 17.8 Å². The van der Waals surface area contributed by atoms with Crippen molar-refractivity contribution in [1.82, 2.24) is 0 Å². The number of benzene rings is 17. The molecule has 0 heterocycles. The van der Waals surface area contributed by atoms with Crippen molar-refractivity contribution in [2.24, 2.45) is 0 Å². The van der Waals surface area contributed by atoms with Crippen LogP contribution in [0.2, 0.25) is 0 Å². The van der Waals surface area contributed by atoms with Crippen LogP contribution in [0.4, 0.5) is 34.1 Å². The summed E-state index contributed by atoms with van der Waals surface area (Å²) in [5.41, 5.74) is 36.1. The van der Waals surface area contributed by atoms with Gasteiger partial charge < -0.3 is 9.80 Å². The molecule has 24 rings (SSSR count). The summed E-state index contributed by atoms with van der Waals surface area (Å²) in [7, 11) is 0. The maximum absolute atomic E-state index is 13.7. The van der Waals surface area contributed by atoms with Gasteiger partial charge in [0.25, 0.3) is 0 Å². The summed E-state index contributed by atoms with van der Waals surface area (Å²) in [6.07, 6.45) is 0.511. The number of fused-ring (bicyclic) bond motifs is 33. The predicted molar refractivity (Wildman–Crippen MR) is 457 cm³/mol. The second-order valence-corrected chi connectivity index (χ2v) is 31.3. The van der Waals surface area contributed by atoms with Gasteiger partial charge in [-0.3, -0.25) is 0 Å². The van der Waals surface area contributed by atoms with Crippen LogP contribution in [0.3, 0.4) is 0 Å². The lowest BCUT2D eigenvalue weighted by Gasteiger charge is -2.39. The van der Waals surface area contributed by atoms with Crippen LogP contribution in [-0.4, -0.2) is 0 Å². The number of anilines is 6. The molecule has 0 fully saturated rings. The molecule has 17 aromatic rings. The Labute approximate surface area is 656 Å². The van der Waals surface area contributed by atoms with Crippen molar-refractivity contribution >= 4 is 34.1 Å². The van der Waals surface area contributed by atoms with Gasteiger partial charge in [0.15, 0.2) is 0 Å². The molecule has 4 spiro atoms. The molecule has 0 atom stereocenters. The normalized spacial score (nSPS) is 14.6. The zero-order chi connectivity index (χ0) is 74.5. The Morgan fingerprint density at radius 1 is 0.212 bits per heavy atom. The topological polar surface area (TPSA) is 54.1 Å². The number of rotatable bonds is 8. The first-order valence-electron chi connectivity index (χ1n) is 39.2. The van der Waals surface area contributed by atoms with Crippen molar-refractivity contribution in [1.29, 1.82) is 10.5 Å². The van der Waals surface area contributed by atoms with E-state index in [1.165, 1.54) is 55.6 Å². The molecule has 0 N–H and O–H groups in total. The summed E-state index contributed by atoms with van der Waals surface area (Å²) in [6, 6.07) is 150. The van der Waals surface area contributed by atoms with E-state index in [-0.39, 0.29) is 11.1 Å². The zero-order valence-corrected chi connectivity index (χ0v) is 61.4. The molecular formula is C109H66N4. The first kappa shape index (κ1) is 63.3. The summed E-state index contributed by atoms with van der Waals surface area (Å²) < 4.78 is 0. The summed E-state index contributed by atoms with van der Waals surface area (Å²) in [6.45, 7) is 0. The van der Waals surface area contributed by atoms with Crippen molar-refractivity contribution in [2.45, 2.75) is 28.1 Å². The minimum absolute atomic E-state index is 0.274. The van der Waals surface area contributed by atoms with Gasteiger partial charge in [-0.1, -0.05) is 352 Å². The van der Waals surface area contributed by atoms with Crippen molar-refractivity contribution in [3.63, 3.8) is 0 Å². The zero-order valence-electron chi connectivity index (χ0n) is 61.4. The van der Waals surface area contributed by atoms with Crippen LogP contribution in [0.1, 0.15) is 95.4 Å². The van der Waals surface area contributed by atoms with Crippen LogP contribution in [0.5, 0.6) is 0 Å². The second kappa shape index (κ2) is 23.4. The van der Waals surface area contributed by atoms with Gasteiger partial charge >= 0.3 is 0 Å². The van der Waals surface area contributed by atoms with Crippen LogP contribution >= 0.6 is 0 Å². The third kappa shape index (κ3) is 7.96. The van der Waals surface area contributed by atoms with Gasteiger partial charge in [0.1, 0.15) is 12.1 Å². The Morgan fingerprint density at radius 3 is 0.735 bits per heavy atom. The van der Waals surface area contributed by atoms with Crippen LogP contribution in [0.25, 0.3) is 89.0 Å². The molecule has 0 amide bonds. The predicted octanol–water partition coefficient (Wildman–Crippen LogP) is 26.4. The van der Waals surface area contributed by atoms with E-state index in [2.05, 4.69) is 410 Å². The number of nitrogens with zero attached hydrogens (tertiary/aromatic N) is 4. The molecule has 4 nitrogen and oxygen atoms in total. The Morgan fingerprint density at radius 2 is 0.442 bits per heavy atom. The Bertz CT molecular complexity index is 6470. The van der Waals surface area contributed by atoms with Crippen molar-refractivity contribution in [2.75, 3.05) is 9.80 Å². The molecule has 522 valence electrons. The molecule has 0 aliphatic heterocycles. The highest BCUT2D eigenvalue weighted by Crippen LogP contribution is 2.76. The maximum Gasteiger partial charge on any atom is 0.103 e. The molecule has 0 saturated heterocycles. The fourth-order valence-electron chi connectivity index (χ4n) is 22.6. The third-order valence-corrected chi connectivity index (χ3v) is 26.6. The number of nitriles is 2. The highest BCUT2D eigenvalue weighted by Gasteiger charge is 2.65. The Hall–Kier alpha value is -14.7. The molecular weight excluding hydrogens is 1370 g/mol. The van der Waals surface area contributed by atoms with Gasteiger partial charge in [0, 0.05) is 22.5 Å². The summed E-state index contributed by atoms with van der Waals surface area (Å²) >= 11 is 0. The molecule has 0 radical (unpaired) electrons. The standard InChI is InChI=1S/C109H66N4/c110-65-84-85(66-111)105(113(73-63-59-71(60-64-73)69-31-5-2-6-32-69)99-56-28-54-97-101(99)83-42-16-26-52-95(83)109(97)92-49-23-13-39-80(92)81-40-14-24-50-93(81)109)103-102(106(86-43-17-7-33-74(86)75-34-8-18-44-87(75)106)67-107(103)88-45-19-9-35-76(88)77-36-10-20-46-89(77)107)104(84)112(72-61-57-70(58-62-72)68-29-3-1-4-30-68)98-55-27-53-96-100(98)82-41-15-25-51-94(82)108(96)90-47-21-11-37-78(90)79-38-12-22-48-91(79)108/h1-64H,67H2. The van der Waals surface area contributed by atoms with E-state index >= 15 is 0 Å². The lowest BCUT2D eigenvalue weighted by atomic mass is 9.67.